The number of nitrogens with two attached hydrogens (primary N) is 1. The smallest absolute Gasteiger partial charge is 0.269 e. The maximum Gasteiger partial charge on any atom is 0.269 e. The Bertz CT molecular complexity index is 320. The first-order valence-corrected chi connectivity index (χ1v) is 3.71. The third-order valence-electron chi connectivity index (χ3n) is 1.51. The number of nitrogen functional groups attached to an aromatic ring is 1. The number of ether oxygens (including phenoxy) is 1. The van der Waals surface area contributed by atoms with Crippen LogP contribution in [0, 0.1) is 0 Å². The minimum atomic E-state index is -2.73. The van der Waals surface area contributed by atoms with Crippen molar-refractivity contribution >= 4 is 17.3 Å². The molecule has 6 heteroatoms. The van der Waals surface area contributed by atoms with Gasteiger partial charge in [-0.3, -0.25) is 0 Å². The van der Waals surface area contributed by atoms with E-state index >= 15 is 0 Å². The molecule has 0 atom stereocenters. The van der Waals surface area contributed by atoms with Gasteiger partial charge in [-0.05, 0) is 0 Å². The lowest BCUT2D eigenvalue weighted by Gasteiger charge is -2.10. The Morgan fingerprint density at radius 1 is 1.62 bits per heavy atom. The van der Waals surface area contributed by atoms with Crippen LogP contribution in [0.15, 0.2) is 6.20 Å². The summed E-state index contributed by atoms with van der Waals surface area (Å²) in [6.45, 7) is 0. The fourth-order valence-corrected chi connectivity index (χ4v) is 1.04. The molecular formula is C7H7ClF2N2O. The highest BCUT2D eigenvalue weighted by Gasteiger charge is 2.20. The van der Waals surface area contributed by atoms with Gasteiger partial charge in [0.15, 0.2) is 5.15 Å². The zero-order valence-electron chi connectivity index (χ0n) is 6.72. The average molecular weight is 209 g/mol. The fraction of sp³-hybridized carbons (Fsp3) is 0.286. The Balaban J connectivity index is 3.32. The van der Waals surface area contributed by atoms with Crippen molar-refractivity contribution in [1.29, 1.82) is 0 Å². The third kappa shape index (κ3) is 1.80. The number of rotatable bonds is 2. The van der Waals surface area contributed by atoms with E-state index in [9.17, 15) is 8.78 Å². The lowest BCUT2D eigenvalue weighted by atomic mass is 10.2. The van der Waals surface area contributed by atoms with Crippen molar-refractivity contribution in [3.8, 4) is 5.75 Å². The molecule has 0 spiro atoms. The second-order valence-electron chi connectivity index (χ2n) is 2.25. The minimum absolute atomic E-state index is 0.0584. The van der Waals surface area contributed by atoms with Gasteiger partial charge >= 0.3 is 0 Å². The van der Waals surface area contributed by atoms with Crippen LogP contribution in [0.1, 0.15) is 12.0 Å². The number of halogens is 3. The SMILES string of the molecule is COc1cnc(Cl)c(N)c1C(F)F. The molecule has 0 aromatic carbocycles. The molecule has 0 aliphatic carbocycles. The van der Waals surface area contributed by atoms with Crippen molar-refractivity contribution in [2.45, 2.75) is 6.43 Å². The molecule has 0 saturated carbocycles. The Morgan fingerprint density at radius 2 is 2.23 bits per heavy atom. The van der Waals surface area contributed by atoms with E-state index in [0.717, 1.165) is 6.20 Å². The molecule has 0 radical (unpaired) electrons. The molecular weight excluding hydrogens is 202 g/mol. The standard InChI is InChI=1S/C7H7ClF2N2O/c1-13-3-2-12-6(8)5(11)4(3)7(9)10/h2,7H,11H2,1H3. The van der Waals surface area contributed by atoms with Crippen molar-refractivity contribution in [3.05, 3.63) is 16.9 Å². The molecule has 0 bridgehead atoms. The van der Waals surface area contributed by atoms with Gasteiger partial charge in [-0.1, -0.05) is 11.6 Å². The third-order valence-corrected chi connectivity index (χ3v) is 1.81. The average Bonchev–Trinajstić information content (AvgIpc) is 2.08. The van der Waals surface area contributed by atoms with Crippen LogP contribution in [-0.2, 0) is 0 Å². The lowest BCUT2D eigenvalue weighted by molar-refractivity contribution is 0.148. The van der Waals surface area contributed by atoms with Crippen molar-refractivity contribution in [1.82, 2.24) is 4.98 Å². The highest BCUT2D eigenvalue weighted by Crippen LogP contribution is 2.36. The quantitative estimate of drug-likeness (QED) is 0.759. The maximum atomic E-state index is 12.4. The van der Waals surface area contributed by atoms with Gasteiger partial charge in [0, 0.05) is 0 Å². The van der Waals surface area contributed by atoms with Crippen molar-refractivity contribution < 1.29 is 13.5 Å². The summed E-state index contributed by atoms with van der Waals surface area (Å²) in [5.74, 6) is -0.0584. The Labute approximate surface area is 78.5 Å². The molecule has 0 saturated heterocycles. The van der Waals surface area contributed by atoms with Gasteiger partial charge in [0.05, 0.1) is 24.6 Å². The molecule has 2 N–H and O–H groups in total. The zero-order valence-corrected chi connectivity index (χ0v) is 7.48. The molecule has 1 heterocycles. The number of nitrogens with zero attached hydrogens (tertiary/aromatic N) is 1. The molecule has 3 nitrogen and oxygen atoms in total. The normalized spacial score (nSPS) is 10.5. The predicted molar refractivity (Wildman–Crippen MR) is 45.2 cm³/mol. The number of anilines is 1. The molecule has 0 aliphatic heterocycles. The van der Waals surface area contributed by atoms with Gasteiger partial charge < -0.3 is 10.5 Å². The highest BCUT2D eigenvalue weighted by molar-refractivity contribution is 6.32. The molecule has 1 rings (SSSR count). The largest absolute Gasteiger partial charge is 0.495 e. The van der Waals surface area contributed by atoms with E-state index in [2.05, 4.69) is 9.72 Å². The van der Waals surface area contributed by atoms with Crippen LogP contribution in [0.4, 0.5) is 14.5 Å². The van der Waals surface area contributed by atoms with Crippen LogP contribution < -0.4 is 10.5 Å². The summed E-state index contributed by atoms with van der Waals surface area (Å²) in [5, 5.41) is -0.142. The summed E-state index contributed by atoms with van der Waals surface area (Å²) < 4.78 is 29.5. The van der Waals surface area contributed by atoms with E-state index in [1.165, 1.54) is 7.11 Å². The number of pyridine rings is 1. The zero-order chi connectivity index (χ0) is 10.0. The Morgan fingerprint density at radius 3 is 2.69 bits per heavy atom. The highest BCUT2D eigenvalue weighted by atomic mass is 35.5. The van der Waals surface area contributed by atoms with Crippen LogP contribution >= 0.6 is 11.6 Å². The first-order chi connectivity index (χ1) is 6.07. The second-order valence-corrected chi connectivity index (χ2v) is 2.60. The summed E-state index contributed by atoms with van der Waals surface area (Å²) in [7, 11) is 1.26. The molecule has 0 aliphatic rings. The van der Waals surface area contributed by atoms with Crippen molar-refractivity contribution in [2.75, 3.05) is 12.8 Å². The topological polar surface area (TPSA) is 48.1 Å². The Kier molecular flexibility index (Phi) is 2.87. The second kappa shape index (κ2) is 3.74. The fourth-order valence-electron chi connectivity index (χ4n) is 0.886. The van der Waals surface area contributed by atoms with E-state index < -0.39 is 12.0 Å². The number of hydrogen-bond acceptors (Lipinski definition) is 3. The van der Waals surface area contributed by atoms with E-state index in [0.29, 0.717) is 0 Å². The number of hydrogen-bond donors (Lipinski definition) is 1. The van der Waals surface area contributed by atoms with Gasteiger partial charge in [0.2, 0.25) is 0 Å². The van der Waals surface area contributed by atoms with Gasteiger partial charge in [0.25, 0.3) is 6.43 Å². The molecule has 0 fully saturated rings. The van der Waals surface area contributed by atoms with Crippen LogP contribution in [0.5, 0.6) is 5.75 Å². The first-order valence-electron chi connectivity index (χ1n) is 3.34. The molecule has 0 unspecified atom stereocenters. The summed E-state index contributed by atoms with van der Waals surface area (Å²) in [5.41, 5.74) is 4.65. The van der Waals surface area contributed by atoms with Gasteiger partial charge in [0.1, 0.15) is 5.75 Å². The molecule has 13 heavy (non-hydrogen) atoms. The van der Waals surface area contributed by atoms with Gasteiger partial charge in [-0.2, -0.15) is 0 Å². The summed E-state index contributed by atoms with van der Waals surface area (Å²) >= 11 is 5.46. The van der Waals surface area contributed by atoms with Crippen LogP contribution in [-0.4, -0.2) is 12.1 Å². The van der Waals surface area contributed by atoms with E-state index in [1.807, 2.05) is 0 Å². The molecule has 1 aromatic rings. The van der Waals surface area contributed by atoms with Crippen LogP contribution in [0.3, 0.4) is 0 Å². The number of aromatic nitrogens is 1. The summed E-state index contributed by atoms with van der Waals surface area (Å²) in [6.07, 6.45) is -1.62. The van der Waals surface area contributed by atoms with E-state index in [1.54, 1.807) is 0 Å². The van der Waals surface area contributed by atoms with Gasteiger partial charge in [-0.25, -0.2) is 13.8 Å². The molecule has 1 aromatic heterocycles. The van der Waals surface area contributed by atoms with Crippen LogP contribution in [0.2, 0.25) is 5.15 Å². The molecule has 72 valence electrons. The predicted octanol–water partition coefficient (Wildman–Crippen LogP) is 2.26. The van der Waals surface area contributed by atoms with Gasteiger partial charge in [-0.15, -0.1) is 0 Å². The summed E-state index contributed by atoms with van der Waals surface area (Å²) in [4.78, 5) is 3.57. The van der Waals surface area contributed by atoms with E-state index in [4.69, 9.17) is 17.3 Å². The monoisotopic (exact) mass is 208 g/mol. The Hall–Kier alpha value is -1.10. The number of methoxy groups -OCH3 is 1. The van der Waals surface area contributed by atoms with E-state index in [-0.39, 0.29) is 16.6 Å². The lowest BCUT2D eigenvalue weighted by Crippen LogP contribution is -2.01. The molecule has 0 amide bonds. The number of alkyl halides is 2. The minimum Gasteiger partial charge on any atom is -0.495 e. The first kappa shape index (κ1) is 9.98. The van der Waals surface area contributed by atoms with Crippen LogP contribution in [0.25, 0.3) is 0 Å². The maximum absolute atomic E-state index is 12.4. The van der Waals surface area contributed by atoms with Crippen molar-refractivity contribution in [2.24, 2.45) is 0 Å². The summed E-state index contributed by atoms with van der Waals surface area (Å²) in [6, 6.07) is 0. The van der Waals surface area contributed by atoms with Crippen molar-refractivity contribution in [3.63, 3.8) is 0 Å².